The van der Waals surface area contributed by atoms with Gasteiger partial charge in [0.15, 0.2) is 5.78 Å². The number of alkyl halides is 27. The Labute approximate surface area is 242 Å². The molecule has 0 saturated heterocycles. The van der Waals surface area contributed by atoms with Crippen molar-refractivity contribution in [1.82, 2.24) is 0 Å². The van der Waals surface area contributed by atoms with Crippen molar-refractivity contribution in [2.45, 2.75) is 83.7 Å². The highest BCUT2D eigenvalue weighted by atomic mass is 32.2. The lowest BCUT2D eigenvalue weighted by molar-refractivity contribution is -0.484. The van der Waals surface area contributed by atoms with Crippen LogP contribution in [0.1, 0.15) is 6.42 Å². The van der Waals surface area contributed by atoms with Crippen LogP contribution in [0.5, 0.6) is 0 Å². The molecule has 4 nitrogen and oxygen atoms in total. The van der Waals surface area contributed by atoms with E-state index in [9.17, 15) is 132 Å². The lowest BCUT2D eigenvalue weighted by Gasteiger charge is -2.46. The van der Waals surface area contributed by atoms with Gasteiger partial charge in [-0.1, -0.05) is 0 Å². The molecular formula is C16H5F27O4S. The molecule has 0 bridgehead atoms. The van der Waals surface area contributed by atoms with E-state index < -0.39 is 105 Å². The van der Waals surface area contributed by atoms with Crippen LogP contribution in [0.25, 0.3) is 0 Å². The van der Waals surface area contributed by atoms with Gasteiger partial charge in [0.05, 0.1) is 6.42 Å². The first-order valence-corrected chi connectivity index (χ1v) is 11.8. The second-order valence-corrected chi connectivity index (χ2v) is 10.4. The van der Waals surface area contributed by atoms with Crippen LogP contribution in [-0.2, 0) is 14.9 Å². The van der Waals surface area contributed by atoms with Gasteiger partial charge < -0.3 is 0 Å². The molecule has 0 aromatic carbocycles. The average molecular weight is 806 g/mol. The van der Waals surface area contributed by atoms with Gasteiger partial charge in [0.2, 0.25) is 0 Å². The van der Waals surface area contributed by atoms with Crippen LogP contribution in [0.4, 0.5) is 119 Å². The molecule has 48 heavy (non-hydrogen) atoms. The van der Waals surface area contributed by atoms with Crippen LogP contribution in [0.3, 0.4) is 0 Å². The number of hydrogen-bond acceptors (Lipinski definition) is 3. The molecule has 0 amide bonds. The van der Waals surface area contributed by atoms with Crippen molar-refractivity contribution >= 4 is 15.9 Å². The molecule has 0 saturated carbocycles. The van der Waals surface area contributed by atoms with Crippen molar-refractivity contribution in [3.05, 3.63) is 0 Å². The predicted molar refractivity (Wildman–Crippen MR) is 91.5 cm³/mol. The largest absolute Gasteiger partial charge is 0.460 e. The van der Waals surface area contributed by atoms with Crippen molar-refractivity contribution in [1.29, 1.82) is 0 Å². The van der Waals surface area contributed by atoms with E-state index in [4.69, 9.17) is 4.55 Å². The lowest BCUT2D eigenvalue weighted by Crippen LogP contribution is -2.78. The number of carbonyl (C=O) groups excluding carboxylic acids is 1. The first kappa shape index (κ1) is 45.7. The highest BCUT2D eigenvalue weighted by Gasteiger charge is 3.00. The van der Waals surface area contributed by atoms with Crippen LogP contribution < -0.4 is 0 Å². The minimum absolute atomic E-state index is 2.83. The molecule has 1 N–H and O–H groups in total. The maximum atomic E-state index is 13.8. The minimum atomic E-state index is -9.90. The first-order valence-electron chi connectivity index (χ1n) is 10.2. The molecule has 0 atom stereocenters. The Hall–Kier alpha value is -2.31. The molecule has 0 aromatic heterocycles. The number of Topliss-reactive ketones (excluding diaryl/α,β-unsaturated/α-hetero) is 1. The number of rotatable bonds is 15. The zero-order chi connectivity index (χ0) is 40.0. The van der Waals surface area contributed by atoms with Gasteiger partial charge in [-0.25, -0.2) is 0 Å². The summed E-state index contributed by atoms with van der Waals surface area (Å²) in [5.41, 5.74) is 0. The Morgan fingerprint density at radius 3 is 0.750 bits per heavy atom. The highest BCUT2D eigenvalue weighted by Crippen LogP contribution is 2.68. The molecule has 288 valence electrons. The van der Waals surface area contributed by atoms with Gasteiger partial charge in [-0.3, -0.25) is 9.35 Å². The fraction of sp³-hybridized carbons (Fsp3) is 0.938. The molecule has 0 unspecified atom stereocenters. The third-order valence-corrected chi connectivity index (χ3v) is 6.21. The summed E-state index contributed by atoms with van der Waals surface area (Å²) in [7, 11) is -5.92. The van der Waals surface area contributed by atoms with E-state index in [0.717, 1.165) is 0 Å². The molecule has 0 radical (unpaired) electrons. The molecule has 0 rings (SSSR count). The van der Waals surface area contributed by atoms with Crippen molar-refractivity contribution in [3.8, 4) is 0 Å². The maximum Gasteiger partial charge on any atom is 0.460 e. The summed E-state index contributed by atoms with van der Waals surface area (Å²) < 4.78 is 390. The van der Waals surface area contributed by atoms with Crippen molar-refractivity contribution in [2.24, 2.45) is 0 Å². The van der Waals surface area contributed by atoms with Crippen LogP contribution in [0.2, 0.25) is 0 Å². The molecule has 0 aliphatic carbocycles. The molecule has 0 fully saturated rings. The summed E-state index contributed by atoms with van der Waals surface area (Å²) in [5.74, 6) is -118. The smallest absolute Gasteiger partial charge is 0.298 e. The monoisotopic (exact) mass is 806 g/mol. The van der Waals surface area contributed by atoms with Gasteiger partial charge in [0, 0.05) is 0 Å². The fourth-order valence-electron chi connectivity index (χ4n) is 2.80. The van der Waals surface area contributed by atoms with E-state index in [1.807, 2.05) is 0 Å². The Kier molecular flexibility index (Phi) is 10.8. The number of halogens is 27. The molecule has 32 heteroatoms. The van der Waals surface area contributed by atoms with E-state index >= 15 is 0 Å². The van der Waals surface area contributed by atoms with Gasteiger partial charge in [0.25, 0.3) is 10.1 Å². The summed E-state index contributed by atoms with van der Waals surface area (Å²) >= 11 is 0. The van der Waals surface area contributed by atoms with Gasteiger partial charge in [-0.05, 0) is 0 Å². The first-order chi connectivity index (χ1) is 20.1. The Bertz CT molecular complexity index is 1330. The lowest BCUT2D eigenvalue weighted by atomic mass is 9.83. The second kappa shape index (κ2) is 11.4. The van der Waals surface area contributed by atoms with E-state index in [0.29, 0.717) is 0 Å². The fourth-order valence-corrected chi connectivity index (χ4v) is 3.30. The molecule has 0 heterocycles. The van der Waals surface area contributed by atoms with Crippen molar-refractivity contribution in [3.63, 3.8) is 0 Å². The van der Waals surface area contributed by atoms with Gasteiger partial charge in [-0.2, -0.15) is 127 Å². The Morgan fingerprint density at radius 2 is 0.562 bits per heavy atom. The molecule has 0 aliphatic heterocycles. The van der Waals surface area contributed by atoms with Crippen molar-refractivity contribution < 1.29 is 136 Å². The van der Waals surface area contributed by atoms with Crippen molar-refractivity contribution in [2.75, 3.05) is 5.75 Å². The van der Waals surface area contributed by atoms with Crippen LogP contribution in [-0.4, -0.2) is 102 Å². The summed E-state index contributed by atoms with van der Waals surface area (Å²) in [6.07, 6.45) is -12.2. The standard InChI is InChI=1S/C16H5F27O4S/c17-4(18,1-3(44)2-48(45,46)47)5(19,20)6(21,22)7(23,24)8(25,26)9(27,28)10(29,30)11(31,32)12(33,34)13(35,36)14(37,38)15(39,40)16(41,42)43/h1-2H2,(H,45,46,47). The molecule has 0 spiro atoms. The maximum absolute atomic E-state index is 13.8. The quantitative estimate of drug-likeness (QED) is 0.135. The molecular weight excluding hydrogens is 801 g/mol. The summed E-state index contributed by atoms with van der Waals surface area (Å²) in [5, 5.41) is 0. The van der Waals surface area contributed by atoms with Gasteiger partial charge in [0.1, 0.15) is 5.75 Å². The van der Waals surface area contributed by atoms with E-state index in [1.165, 1.54) is 0 Å². The summed E-state index contributed by atoms with van der Waals surface area (Å²) in [6.45, 7) is 0. The number of carbonyl (C=O) groups is 1. The number of hydrogen-bond donors (Lipinski definition) is 1. The Balaban J connectivity index is 7.39. The van der Waals surface area contributed by atoms with E-state index in [-0.39, 0.29) is 0 Å². The zero-order valence-electron chi connectivity index (χ0n) is 20.7. The third kappa shape index (κ3) is 5.95. The van der Waals surface area contributed by atoms with Crippen LogP contribution >= 0.6 is 0 Å². The average Bonchev–Trinajstić information content (AvgIpc) is 2.80. The van der Waals surface area contributed by atoms with Crippen LogP contribution in [0.15, 0.2) is 0 Å². The van der Waals surface area contributed by atoms with E-state index in [1.54, 1.807) is 0 Å². The van der Waals surface area contributed by atoms with Gasteiger partial charge in [-0.15, -0.1) is 0 Å². The number of ketones is 1. The summed E-state index contributed by atoms with van der Waals surface area (Å²) in [6, 6.07) is 0. The summed E-state index contributed by atoms with van der Waals surface area (Å²) in [4.78, 5) is 10.9. The normalized spacial score (nSPS) is 16.8. The zero-order valence-corrected chi connectivity index (χ0v) is 21.5. The molecule has 0 aliphatic rings. The topological polar surface area (TPSA) is 71.4 Å². The third-order valence-electron chi connectivity index (χ3n) is 5.52. The highest BCUT2D eigenvalue weighted by molar-refractivity contribution is 7.86. The Morgan fingerprint density at radius 1 is 0.375 bits per heavy atom. The minimum Gasteiger partial charge on any atom is -0.298 e. The predicted octanol–water partition coefficient (Wildman–Crippen LogP) is 8.02. The SMILES string of the molecule is O=C(CC(F)(F)C(F)(F)C(F)(F)C(F)(F)C(F)(F)C(F)(F)C(F)(F)C(F)(F)C(F)(F)C(F)(F)C(F)(F)C(F)(F)C(F)(F)F)CS(=O)(=O)O. The van der Waals surface area contributed by atoms with E-state index in [2.05, 4.69) is 0 Å². The second-order valence-electron chi connectivity index (χ2n) is 8.96. The molecule has 0 aromatic rings. The van der Waals surface area contributed by atoms with Crippen LogP contribution in [0, 0.1) is 0 Å². The van der Waals surface area contributed by atoms with Gasteiger partial charge >= 0.3 is 77.2 Å².